The summed E-state index contributed by atoms with van der Waals surface area (Å²) in [6.45, 7) is 9.89. The van der Waals surface area contributed by atoms with Gasteiger partial charge in [-0.2, -0.15) is 0 Å². The minimum Gasteiger partial charge on any atom is -0.0684 e. The van der Waals surface area contributed by atoms with Crippen molar-refractivity contribution in [3.05, 3.63) is 30.3 Å². The summed E-state index contributed by atoms with van der Waals surface area (Å²) in [4.78, 5) is 0. The summed E-state index contributed by atoms with van der Waals surface area (Å²) in [5.74, 6) is 1.66. The van der Waals surface area contributed by atoms with E-state index in [2.05, 4.69) is 58.0 Å². The maximum Gasteiger partial charge on any atom is -0.0104 e. The lowest BCUT2D eigenvalue weighted by Gasteiger charge is -2.45. The van der Waals surface area contributed by atoms with Gasteiger partial charge in [0.25, 0.3) is 0 Å². The maximum atomic E-state index is 2.47. The number of fused-ring (bicyclic) bond motifs is 2. The van der Waals surface area contributed by atoms with Crippen molar-refractivity contribution in [3.8, 4) is 0 Å². The van der Waals surface area contributed by atoms with E-state index >= 15 is 0 Å². The zero-order valence-corrected chi connectivity index (χ0v) is 13.7. The Morgan fingerprint density at radius 3 is 2.16 bits per heavy atom. The fourth-order valence-electron chi connectivity index (χ4n) is 5.05. The number of rotatable bonds is 3. The van der Waals surface area contributed by atoms with Gasteiger partial charge in [-0.05, 0) is 53.1 Å². The first kappa shape index (κ1) is 13.6. The molecule has 3 unspecified atom stereocenters. The van der Waals surface area contributed by atoms with E-state index in [4.69, 9.17) is 0 Å². The first-order valence-corrected chi connectivity index (χ1v) is 9.38. The zero-order valence-electron chi connectivity index (χ0n) is 12.8. The fraction of sp³-hybridized carbons (Fsp3) is 0.667. The van der Waals surface area contributed by atoms with Gasteiger partial charge >= 0.3 is 0 Å². The van der Waals surface area contributed by atoms with Crippen LogP contribution in [0.3, 0.4) is 0 Å². The molecule has 1 aromatic rings. The Bertz CT molecular complexity index is 426. The van der Waals surface area contributed by atoms with Crippen molar-refractivity contribution < 1.29 is 0 Å². The van der Waals surface area contributed by atoms with Crippen LogP contribution in [0.25, 0.3) is 0 Å². The van der Waals surface area contributed by atoms with Gasteiger partial charge in [-0.15, -0.1) is 0 Å². The quantitative estimate of drug-likeness (QED) is 0.678. The van der Waals surface area contributed by atoms with Crippen LogP contribution in [-0.2, 0) is 0 Å². The van der Waals surface area contributed by atoms with Crippen molar-refractivity contribution in [2.45, 2.75) is 58.3 Å². The Morgan fingerprint density at radius 1 is 1.00 bits per heavy atom. The predicted octanol–water partition coefficient (Wildman–Crippen LogP) is 5.03. The normalized spacial score (nSPS) is 32.4. The number of hydrogen-bond donors (Lipinski definition) is 0. The smallest absolute Gasteiger partial charge is 0.0104 e. The van der Waals surface area contributed by atoms with Crippen molar-refractivity contribution in [3.63, 3.8) is 0 Å². The Morgan fingerprint density at radius 2 is 1.63 bits per heavy atom. The molecule has 1 heteroatoms. The highest BCUT2D eigenvalue weighted by atomic mass is 31.1. The molecule has 0 amide bonds. The lowest BCUT2D eigenvalue weighted by Crippen LogP contribution is -2.41. The molecule has 0 aromatic heterocycles. The molecule has 2 aliphatic heterocycles. The second-order valence-corrected chi connectivity index (χ2v) is 9.80. The molecule has 2 saturated heterocycles. The summed E-state index contributed by atoms with van der Waals surface area (Å²) < 4.78 is 0. The van der Waals surface area contributed by atoms with Gasteiger partial charge in [0.2, 0.25) is 0 Å². The molecule has 0 N–H and O–H groups in total. The van der Waals surface area contributed by atoms with E-state index in [1.165, 1.54) is 19.3 Å². The molecule has 104 valence electrons. The minimum absolute atomic E-state index is 0.0957. The van der Waals surface area contributed by atoms with Crippen LogP contribution in [0.15, 0.2) is 30.3 Å². The van der Waals surface area contributed by atoms with Gasteiger partial charge in [-0.25, -0.2) is 0 Å². The van der Waals surface area contributed by atoms with Crippen LogP contribution in [0.2, 0.25) is 0 Å². The summed E-state index contributed by atoms with van der Waals surface area (Å²) in [6.07, 6.45) is 4.47. The Kier molecular flexibility index (Phi) is 3.50. The molecule has 0 aliphatic carbocycles. The Balaban J connectivity index is 1.99. The molecule has 2 aliphatic rings. The van der Waals surface area contributed by atoms with Crippen LogP contribution in [0.5, 0.6) is 0 Å². The van der Waals surface area contributed by atoms with E-state index in [9.17, 15) is 0 Å². The van der Waals surface area contributed by atoms with Gasteiger partial charge in [0.1, 0.15) is 0 Å². The van der Waals surface area contributed by atoms with Crippen molar-refractivity contribution >= 4 is 13.2 Å². The summed E-state index contributed by atoms with van der Waals surface area (Å²) in [6, 6.07) is 11.4. The molecule has 3 atom stereocenters. The van der Waals surface area contributed by atoms with Crippen LogP contribution >= 0.6 is 7.92 Å². The topological polar surface area (TPSA) is 0 Å². The molecular weight excluding hydrogens is 247 g/mol. The number of hydrogen-bond acceptors (Lipinski definition) is 0. The van der Waals surface area contributed by atoms with Gasteiger partial charge in [0.15, 0.2) is 0 Å². The highest BCUT2D eigenvalue weighted by Gasteiger charge is 2.59. The van der Waals surface area contributed by atoms with E-state index in [1.807, 2.05) is 0 Å². The van der Waals surface area contributed by atoms with E-state index in [0.717, 1.165) is 23.2 Å². The van der Waals surface area contributed by atoms with Crippen molar-refractivity contribution in [1.29, 1.82) is 0 Å². The highest BCUT2D eigenvalue weighted by molar-refractivity contribution is 7.67. The molecule has 0 spiro atoms. The van der Waals surface area contributed by atoms with Crippen LogP contribution in [0.1, 0.15) is 47.0 Å². The minimum atomic E-state index is 0.0957. The summed E-state index contributed by atoms with van der Waals surface area (Å²) in [7, 11) is 0.0957. The van der Waals surface area contributed by atoms with Gasteiger partial charge in [-0.1, -0.05) is 65.9 Å². The molecule has 1 aromatic carbocycles. The lowest BCUT2D eigenvalue weighted by molar-refractivity contribution is 0.0848. The molecule has 0 saturated carbocycles. The average molecular weight is 274 g/mol. The van der Waals surface area contributed by atoms with Gasteiger partial charge < -0.3 is 0 Å². The molecule has 19 heavy (non-hydrogen) atoms. The predicted molar refractivity (Wildman–Crippen MR) is 86.5 cm³/mol. The van der Waals surface area contributed by atoms with Crippen LogP contribution in [0.4, 0.5) is 0 Å². The van der Waals surface area contributed by atoms with E-state index in [0.29, 0.717) is 5.41 Å². The van der Waals surface area contributed by atoms with Crippen LogP contribution in [-0.4, -0.2) is 11.3 Å². The van der Waals surface area contributed by atoms with E-state index in [1.54, 1.807) is 5.30 Å². The van der Waals surface area contributed by atoms with Gasteiger partial charge in [0.05, 0.1) is 0 Å². The van der Waals surface area contributed by atoms with Crippen LogP contribution < -0.4 is 5.30 Å². The first-order valence-electron chi connectivity index (χ1n) is 7.90. The van der Waals surface area contributed by atoms with Crippen molar-refractivity contribution in [1.82, 2.24) is 0 Å². The van der Waals surface area contributed by atoms with E-state index < -0.39 is 0 Å². The standard InChI is InChI=1S/C18H27P/c1-13(2)18(14(3)4)12-16-10-11-17(18)19(16)15-8-6-5-7-9-15/h5-9,13-14,16-17H,10-12H2,1-4H3. The molecular formula is C18H27P. The third kappa shape index (κ3) is 1.90. The largest absolute Gasteiger partial charge is 0.0684 e. The monoisotopic (exact) mass is 274 g/mol. The highest BCUT2D eigenvalue weighted by Crippen LogP contribution is 2.73. The van der Waals surface area contributed by atoms with Crippen molar-refractivity contribution in [2.75, 3.05) is 0 Å². The summed E-state index contributed by atoms with van der Waals surface area (Å²) in [5, 5.41) is 1.67. The van der Waals surface area contributed by atoms with E-state index in [-0.39, 0.29) is 7.92 Å². The SMILES string of the molecule is CC(C)C1(C(C)C)CC2CCC1P2c1ccccc1. The molecule has 0 nitrogen and oxygen atoms in total. The average Bonchev–Trinajstić information content (AvgIpc) is 2.95. The second-order valence-electron chi connectivity index (χ2n) is 7.12. The van der Waals surface area contributed by atoms with Gasteiger partial charge in [-0.3, -0.25) is 0 Å². The molecule has 2 heterocycles. The lowest BCUT2D eigenvalue weighted by atomic mass is 9.61. The summed E-state index contributed by atoms with van der Waals surface area (Å²) in [5.41, 5.74) is 2.60. The Labute approximate surface area is 119 Å². The zero-order chi connectivity index (χ0) is 13.6. The first-order chi connectivity index (χ1) is 9.07. The fourth-order valence-corrected chi connectivity index (χ4v) is 9.45. The molecule has 0 radical (unpaired) electrons. The third-order valence-corrected chi connectivity index (χ3v) is 9.45. The van der Waals surface area contributed by atoms with Crippen LogP contribution in [0, 0.1) is 17.3 Å². The molecule has 3 rings (SSSR count). The summed E-state index contributed by atoms with van der Waals surface area (Å²) >= 11 is 0. The maximum absolute atomic E-state index is 2.47. The second kappa shape index (κ2) is 4.88. The van der Waals surface area contributed by atoms with Gasteiger partial charge in [0, 0.05) is 0 Å². The number of benzene rings is 1. The van der Waals surface area contributed by atoms with Crippen molar-refractivity contribution in [2.24, 2.45) is 17.3 Å². The molecule has 2 fully saturated rings. The molecule has 2 bridgehead atoms. The Hall–Kier alpha value is -0.350. The third-order valence-electron chi connectivity index (χ3n) is 5.92.